The zero-order chi connectivity index (χ0) is 9.84. The lowest BCUT2D eigenvalue weighted by Gasteiger charge is -2.05. The second-order valence-electron chi connectivity index (χ2n) is 3.12. The lowest BCUT2D eigenvalue weighted by Crippen LogP contribution is -2.01. The summed E-state index contributed by atoms with van der Waals surface area (Å²) in [5.41, 5.74) is 0.752. The molecule has 0 amide bonds. The van der Waals surface area contributed by atoms with E-state index < -0.39 is 0 Å². The molecule has 0 aliphatic rings. The van der Waals surface area contributed by atoms with Gasteiger partial charge >= 0.3 is 0 Å². The van der Waals surface area contributed by atoms with Gasteiger partial charge in [0, 0.05) is 5.02 Å². The molecular weight excluding hydrogens is 191 g/mol. The Morgan fingerprint density at radius 1 is 1.54 bits per heavy atom. The lowest BCUT2D eigenvalue weighted by molar-refractivity contribution is 0.185. The van der Waals surface area contributed by atoms with E-state index >= 15 is 0 Å². The van der Waals surface area contributed by atoms with Crippen molar-refractivity contribution in [1.82, 2.24) is 0 Å². The highest BCUT2D eigenvalue weighted by atomic mass is 35.5. The Balaban J connectivity index is 2.70. The lowest BCUT2D eigenvalue weighted by atomic mass is 10.1. The van der Waals surface area contributed by atoms with Gasteiger partial charge in [0.25, 0.3) is 0 Å². The van der Waals surface area contributed by atoms with Crippen LogP contribution in [-0.2, 0) is 6.42 Å². The fraction of sp³-hybridized carbons (Fsp3) is 0.400. The maximum Gasteiger partial charge on any atom is 0.123 e. The van der Waals surface area contributed by atoms with Crippen molar-refractivity contribution in [2.75, 3.05) is 0 Å². The average Bonchev–Trinajstić information content (AvgIpc) is 2.06. The topological polar surface area (TPSA) is 20.2 Å². The molecule has 1 N–H and O–H groups in total. The molecule has 0 heterocycles. The zero-order valence-electron chi connectivity index (χ0n) is 7.43. The van der Waals surface area contributed by atoms with Crippen LogP contribution in [0.25, 0.3) is 0 Å². The standard InChI is InChI=1S/C10H12ClFO/c1-7(13)2-3-8-6-9(12)4-5-10(8)11/h4-7,13H,2-3H2,1H3. The van der Waals surface area contributed by atoms with Crippen molar-refractivity contribution < 1.29 is 9.50 Å². The molecule has 0 saturated carbocycles. The van der Waals surface area contributed by atoms with Gasteiger partial charge in [-0.3, -0.25) is 0 Å². The van der Waals surface area contributed by atoms with Crippen LogP contribution in [0.3, 0.4) is 0 Å². The summed E-state index contributed by atoms with van der Waals surface area (Å²) in [6, 6.07) is 4.27. The van der Waals surface area contributed by atoms with E-state index in [-0.39, 0.29) is 11.9 Å². The number of aliphatic hydroxyl groups excluding tert-OH is 1. The van der Waals surface area contributed by atoms with Gasteiger partial charge in [0.05, 0.1) is 6.10 Å². The average molecular weight is 203 g/mol. The third-order valence-electron chi connectivity index (χ3n) is 1.84. The molecular formula is C10H12ClFO. The van der Waals surface area contributed by atoms with Gasteiger partial charge in [-0.25, -0.2) is 4.39 Å². The Morgan fingerprint density at radius 2 is 2.23 bits per heavy atom. The van der Waals surface area contributed by atoms with Crippen molar-refractivity contribution >= 4 is 11.6 Å². The minimum Gasteiger partial charge on any atom is -0.393 e. The van der Waals surface area contributed by atoms with Gasteiger partial charge in [0.1, 0.15) is 5.82 Å². The molecule has 13 heavy (non-hydrogen) atoms. The normalized spacial score (nSPS) is 12.9. The summed E-state index contributed by atoms with van der Waals surface area (Å²) in [6.07, 6.45) is 0.830. The third kappa shape index (κ3) is 3.33. The molecule has 1 unspecified atom stereocenters. The summed E-state index contributed by atoms with van der Waals surface area (Å²) in [5, 5.41) is 9.59. The van der Waals surface area contributed by atoms with E-state index in [2.05, 4.69) is 0 Å². The molecule has 0 spiro atoms. The first kappa shape index (κ1) is 10.5. The Hall–Kier alpha value is -0.600. The molecule has 1 nitrogen and oxygen atoms in total. The second kappa shape index (κ2) is 4.58. The second-order valence-corrected chi connectivity index (χ2v) is 3.53. The largest absolute Gasteiger partial charge is 0.393 e. The molecule has 3 heteroatoms. The summed E-state index contributed by atoms with van der Waals surface area (Å²) < 4.78 is 12.8. The van der Waals surface area contributed by atoms with E-state index in [1.807, 2.05) is 0 Å². The van der Waals surface area contributed by atoms with Crippen LogP contribution in [0.4, 0.5) is 4.39 Å². The van der Waals surface area contributed by atoms with E-state index in [9.17, 15) is 4.39 Å². The highest BCUT2D eigenvalue weighted by molar-refractivity contribution is 6.31. The molecule has 1 rings (SSSR count). The molecule has 0 aliphatic carbocycles. The number of benzene rings is 1. The van der Waals surface area contributed by atoms with Gasteiger partial charge in [0.2, 0.25) is 0 Å². The number of aliphatic hydroxyl groups is 1. The summed E-state index contributed by atoms with van der Waals surface area (Å²) >= 11 is 5.83. The Bertz CT molecular complexity index is 286. The van der Waals surface area contributed by atoms with Crippen molar-refractivity contribution in [2.45, 2.75) is 25.9 Å². The van der Waals surface area contributed by atoms with E-state index in [0.29, 0.717) is 17.9 Å². The van der Waals surface area contributed by atoms with Crippen molar-refractivity contribution in [3.8, 4) is 0 Å². The molecule has 1 atom stereocenters. The third-order valence-corrected chi connectivity index (χ3v) is 2.21. The number of hydrogen-bond acceptors (Lipinski definition) is 1. The summed E-state index contributed by atoms with van der Waals surface area (Å²) in [4.78, 5) is 0. The molecule has 0 radical (unpaired) electrons. The predicted molar refractivity (Wildman–Crippen MR) is 51.4 cm³/mol. The van der Waals surface area contributed by atoms with Gasteiger partial charge in [0.15, 0.2) is 0 Å². The smallest absolute Gasteiger partial charge is 0.123 e. The number of hydrogen-bond donors (Lipinski definition) is 1. The molecule has 1 aromatic carbocycles. The van der Waals surface area contributed by atoms with Gasteiger partial charge in [-0.2, -0.15) is 0 Å². The van der Waals surface area contributed by atoms with Crippen molar-refractivity contribution in [3.63, 3.8) is 0 Å². The Morgan fingerprint density at radius 3 is 2.85 bits per heavy atom. The van der Waals surface area contributed by atoms with E-state index in [4.69, 9.17) is 16.7 Å². The first-order valence-corrected chi connectivity index (χ1v) is 4.59. The quantitative estimate of drug-likeness (QED) is 0.799. The SMILES string of the molecule is CC(O)CCc1cc(F)ccc1Cl. The first-order valence-electron chi connectivity index (χ1n) is 4.21. The molecule has 0 fully saturated rings. The van der Waals surface area contributed by atoms with Crippen LogP contribution in [0, 0.1) is 5.82 Å². The summed E-state index contributed by atoms with van der Waals surface area (Å²) in [6.45, 7) is 1.70. The number of aryl methyl sites for hydroxylation is 1. The van der Waals surface area contributed by atoms with Crippen LogP contribution in [0.1, 0.15) is 18.9 Å². The van der Waals surface area contributed by atoms with Gasteiger partial charge in [-0.1, -0.05) is 11.6 Å². The van der Waals surface area contributed by atoms with Crippen molar-refractivity contribution in [2.24, 2.45) is 0 Å². The van der Waals surface area contributed by atoms with Gasteiger partial charge in [-0.15, -0.1) is 0 Å². The highest BCUT2D eigenvalue weighted by Gasteiger charge is 2.03. The fourth-order valence-corrected chi connectivity index (χ4v) is 1.31. The maximum absolute atomic E-state index is 12.8. The van der Waals surface area contributed by atoms with Crippen LogP contribution in [-0.4, -0.2) is 11.2 Å². The maximum atomic E-state index is 12.8. The Kier molecular flexibility index (Phi) is 3.70. The molecule has 0 aromatic heterocycles. The molecule has 0 aliphatic heterocycles. The van der Waals surface area contributed by atoms with Crippen LogP contribution in [0.5, 0.6) is 0 Å². The monoisotopic (exact) mass is 202 g/mol. The van der Waals surface area contributed by atoms with Crippen LogP contribution < -0.4 is 0 Å². The Labute approximate surface area is 82.2 Å². The van der Waals surface area contributed by atoms with E-state index in [0.717, 1.165) is 5.56 Å². The summed E-state index contributed by atoms with van der Waals surface area (Å²) in [7, 11) is 0. The molecule has 72 valence electrons. The molecule has 0 bridgehead atoms. The first-order chi connectivity index (χ1) is 6.09. The van der Waals surface area contributed by atoms with Gasteiger partial charge in [-0.05, 0) is 43.5 Å². The predicted octanol–water partition coefficient (Wildman–Crippen LogP) is 2.79. The zero-order valence-corrected chi connectivity index (χ0v) is 8.18. The van der Waals surface area contributed by atoms with Crippen molar-refractivity contribution in [3.05, 3.63) is 34.6 Å². The van der Waals surface area contributed by atoms with Gasteiger partial charge < -0.3 is 5.11 Å². The highest BCUT2D eigenvalue weighted by Crippen LogP contribution is 2.18. The number of rotatable bonds is 3. The minimum absolute atomic E-state index is 0.287. The van der Waals surface area contributed by atoms with E-state index in [1.54, 1.807) is 6.92 Å². The van der Waals surface area contributed by atoms with E-state index in [1.165, 1.54) is 18.2 Å². The van der Waals surface area contributed by atoms with Crippen LogP contribution in [0.2, 0.25) is 5.02 Å². The molecule has 0 saturated heterocycles. The molecule has 1 aromatic rings. The van der Waals surface area contributed by atoms with Crippen molar-refractivity contribution in [1.29, 1.82) is 0 Å². The minimum atomic E-state index is -0.376. The van der Waals surface area contributed by atoms with Crippen LogP contribution in [0.15, 0.2) is 18.2 Å². The number of halogens is 2. The fourth-order valence-electron chi connectivity index (χ4n) is 1.10. The summed E-state index contributed by atoms with van der Waals surface area (Å²) in [5.74, 6) is -0.287. The van der Waals surface area contributed by atoms with Crippen LogP contribution >= 0.6 is 11.6 Å².